The van der Waals surface area contributed by atoms with Crippen LogP contribution >= 0.6 is 0 Å². The highest BCUT2D eigenvalue weighted by atomic mass is 16.1. The lowest BCUT2D eigenvalue weighted by Crippen LogP contribution is -2.13. The van der Waals surface area contributed by atoms with Gasteiger partial charge in [0.2, 0.25) is 0 Å². The third-order valence-electron chi connectivity index (χ3n) is 4.12. The normalized spacial score (nSPS) is 10.3. The van der Waals surface area contributed by atoms with E-state index in [4.69, 9.17) is 0 Å². The second-order valence-corrected chi connectivity index (χ2v) is 6.01. The van der Waals surface area contributed by atoms with E-state index in [-0.39, 0.29) is 5.91 Å². The molecule has 3 aromatic rings. The number of hydrogen-bond donors (Lipinski definition) is 2. The summed E-state index contributed by atoms with van der Waals surface area (Å²) in [5.74, 6) is -0.0807. The summed E-state index contributed by atoms with van der Waals surface area (Å²) in [4.78, 5) is 12.3. The van der Waals surface area contributed by atoms with Crippen LogP contribution in [0.4, 0.5) is 11.4 Å². The molecule has 0 bridgehead atoms. The molecule has 2 N–H and O–H groups in total. The molecule has 0 aromatic heterocycles. The van der Waals surface area contributed by atoms with E-state index in [1.54, 1.807) is 0 Å². The van der Waals surface area contributed by atoms with Crippen LogP contribution in [-0.4, -0.2) is 12.5 Å². The lowest BCUT2D eigenvalue weighted by molar-refractivity contribution is 0.102. The van der Waals surface area contributed by atoms with Gasteiger partial charge in [0.1, 0.15) is 0 Å². The van der Waals surface area contributed by atoms with Crippen molar-refractivity contribution in [1.82, 2.24) is 0 Å². The van der Waals surface area contributed by atoms with Crippen LogP contribution in [0.1, 0.15) is 21.5 Å². The van der Waals surface area contributed by atoms with Gasteiger partial charge in [0, 0.05) is 23.5 Å². The molecule has 0 fully saturated rings. The first-order valence-corrected chi connectivity index (χ1v) is 8.47. The first-order chi connectivity index (χ1) is 12.2. The zero-order valence-corrected chi connectivity index (χ0v) is 14.3. The van der Waals surface area contributed by atoms with E-state index in [9.17, 15) is 4.79 Å². The van der Waals surface area contributed by atoms with Gasteiger partial charge in [0.15, 0.2) is 0 Å². The van der Waals surface area contributed by atoms with Crippen LogP contribution in [0.15, 0.2) is 78.9 Å². The van der Waals surface area contributed by atoms with Crippen molar-refractivity contribution in [1.29, 1.82) is 0 Å². The molecule has 25 heavy (non-hydrogen) atoms. The highest BCUT2D eigenvalue weighted by Crippen LogP contribution is 2.16. The van der Waals surface area contributed by atoms with Gasteiger partial charge < -0.3 is 10.6 Å². The average molecular weight is 330 g/mol. The van der Waals surface area contributed by atoms with Gasteiger partial charge in [0.05, 0.1) is 0 Å². The van der Waals surface area contributed by atoms with Crippen molar-refractivity contribution in [3.8, 4) is 0 Å². The monoisotopic (exact) mass is 330 g/mol. The maximum Gasteiger partial charge on any atom is 0.255 e. The summed E-state index contributed by atoms with van der Waals surface area (Å²) in [5, 5.41) is 6.34. The van der Waals surface area contributed by atoms with Crippen LogP contribution in [0.25, 0.3) is 0 Å². The maximum absolute atomic E-state index is 12.3. The quantitative estimate of drug-likeness (QED) is 0.675. The van der Waals surface area contributed by atoms with Crippen molar-refractivity contribution < 1.29 is 4.79 Å². The number of hydrogen-bond acceptors (Lipinski definition) is 2. The van der Waals surface area contributed by atoms with Gasteiger partial charge in [-0.1, -0.05) is 48.5 Å². The third kappa shape index (κ3) is 4.70. The number of carbonyl (C=O) groups is 1. The Kier molecular flexibility index (Phi) is 5.47. The van der Waals surface area contributed by atoms with Gasteiger partial charge in [-0.25, -0.2) is 0 Å². The Morgan fingerprint density at radius 2 is 1.44 bits per heavy atom. The topological polar surface area (TPSA) is 41.1 Å². The van der Waals surface area contributed by atoms with Gasteiger partial charge in [0.25, 0.3) is 5.91 Å². The minimum Gasteiger partial charge on any atom is -0.385 e. The molecule has 1 amide bonds. The summed E-state index contributed by atoms with van der Waals surface area (Å²) in [6.45, 7) is 2.81. The molecule has 0 aliphatic heterocycles. The molecule has 0 radical (unpaired) electrons. The summed E-state index contributed by atoms with van der Waals surface area (Å²) in [6, 6.07) is 25.8. The molecule has 3 heteroatoms. The van der Waals surface area contributed by atoms with Crippen molar-refractivity contribution in [2.75, 3.05) is 17.2 Å². The number of nitrogens with one attached hydrogen (secondary N) is 2. The van der Waals surface area contributed by atoms with Crippen molar-refractivity contribution >= 4 is 17.3 Å². The molecule has 0 aliphatic carbocycles. The van der Waals surface area contributed by atoms with E-state index in [2.05, 4.69) is 34.9 Å². The largest absolute Gasteiger partial charge is 0.385 e. The van der Waals surface area contributed by atoms with Crippen molar-refractivity contribution in [2.45, 2.75) is 13.3 Å². The number of anilines is 2. The van der Waals surface area contributed by atoms with Crippen molar-refractivity contribution in [2.24, 2.45) is 0 Å². The number of amides is 1. The van der Waals surface area contributed by atoms with Crippen LogP contribution in [0.2, 0.25) is 0 Å². The van der Waals surface area contributed by atoms with E-state index in [0.717, 1.165) is 29.9 Å². The molecule has 0 saturated carbocycles. The van der Waals surface area contributed by atoms with Crippen LogP contribution < -0.4 is 10.6 Å². The molecule has 0 spiro atoms. The lowest BCUT2D eigenvalue weighted by atomic mass is 10.1. The summed E-state index contributed by atoms with van der Waals surface area (Å²) < 4.78 is 0. The fourth-order valence-electron chi connectivity index (χ4n) is 2.69. The number of benzene rings is 3. The lowest BCUT2D eigenvalue weighted by Gasteiger charge is -2.10. The molecular weight excluding hydrogens is 308 g/mol. The molecule has 3 nitrogen and oxygen atoms in total. The number of aryl methyl sites for hydroxylation is 1. The van der Waals surface area contributed by atoms with Gasteiger partial charge in [-0.2, -0.15) is 0 Å². The average Bonchev–Trinajstić information content (AvgIpc) is 2.64. The van der Waals surface area contributed by atoms with Gasteiger partial charge in [-0.15, -0.1) is 0 Å². The fourth-order valence-corrected chi connectivity index (χ4v) is 2.69. The Hall–Kier alpha value is -3.07. The zero-order chi connectivity index (χ0) is 17.5. The predicted octanol–water partition coefficient (Wildman–Crippen LogP) is 4.90. The SMILES string of the molecule is Cc1ccccc1C(=O)Nc1ccc(NCCc2ccccc2)cc1. The first kappa shape index (κ1) is 16.8. The molecular formula is C22H22N2O. The number of carbonyl (C=O) groups excluding carboxylic acids is 1. The van der Waals surface area contributed by atoms with Crippen LogP contribution in [0.3, 0.4) is 0 Å². The Morgan fingerprint density at radius 3 is 2.16 bits per heavy atom. The van der Waals surface area contributed by atoms with Crippen molar-refractivity contribution in [3.63, 3.8) is 0 Å². The fraction of sp³-hybridized carbons (Fsp3) is 0.136. The van der Waals surface area contributed by atoms with E-state index >= 15 is 0 Å². The van der Waals surface area contributed by atoms with Gasteiger partial charge in [-0.05, 0) is 54.8 Å². The van der Waals surface area contributed by atoms with Gasteiger partial charge >= 0.3 is 0 Å². The highest BCUT2D eigenvalue weighted by Gasteiger charge is 2.08. The molecule has 3 aromatic carbocycles. The third-order valence-corrected chi connectivity index (χ3v) is 4.12. The molecule has 126 valence electrons. The molecule has 3 rings (SSSR count). The summed E-state index contributed by atoms with van der Waals surface area (Å²) in [7, 11) is 0. The Labute approximate surface area is 148 Å². The summed E-state index contributed by atoms with van der Waals surface area (Å²) >= 11 is 0. The second kappa shape index (κ2) is 8.15. The second-order valence-electron chi connectivity index (χ2n) is 6.01. The Bertz CT molecular complexity index is 826. The van der Waals surface area contributed by atoms with E-state index in [0.29, 0.717) is 5.56 Å². The van der Waals surface area contributed by atoms with Crippen LogP contribution in [0, 0.1) is 6.92 Å². The van der Waals surface area contributed by atoms with Crippen molar-refractivity contribution in [3.05, 3.63) is 95.6 Å². The smallest absolute Gasteiger partial charge is 0.255 e. The maximum atomic E-state index is 12.3. The zero-order valence-electron chi connectivity index (χ0n) is 14.3. The minimum absolute atomic E-state index is 0.0807. The Balaban J connectivity index is 1.53. The summed E-state index contributed by atoms with van der Waals surface area (Å²) in [6.07, 6.45) is 0.979. The first-order valence-electron chi connectivity index (χ1n) is 8.47. The summed E-state index contributed by atoms with van der Waals surface area (Å²) in [5.41, 5.74) is 4.83. The Morgan fingerprint density at radius 1 is 0.800 bits per heavy atom. The van der Waals surface area contributed by atoms with E-state index in [1.807, 2.05) is 61.5 Å². The highest BCUT2D eigenvalue weighted by molar-refractivity contribution is 6.05. The molecule has 0 unspecified atom stereocenters. The van der Waals surface area contributed by atoms with E-state index in [1.165, 1.54) is 5.56 Å². The molecule has 0 saturated heterocycles. The standard InChI is InChI=1S/C22H22N2O/c1-17-7-5-6-10-21(17)22(25)24-20-13-11-19(12-14-20)23-16-15-18-8-3-2-4-9-18/h2-14,23H,15-16H2,1H3,(H,24,25). The molecule has 0 atom stereocenters. The molecule has 0 heterocycles. The predicted molar refractivity (Wildman–Crippen MR) is 104 cm³/mol. The number of rotatable bonds is 6. The minimum atomic E-state index is -0.0807. The van der Waals surface area contributed by atoms with Crippen LogP contribution in [-0.2, 0) is 6.42 Å². The van der Waals surface area contributed by atoms with E-state index < -0.39 is 0 Å². The van der Waals surface area contributed by atoms with Crippen LogP contribution in [0.5, 0.6) is 0 Å². The van der Waals surface area contributed by atoms with Gasteiger partial charge in [-0.3, -0.25) is 4.79 Å². The molecule has 0 aliphatic rings.